The number of hydrogen-bond acceptors (Lipinski definition) is 1. The molecule has 1 heterocycles. The highest BCUT2D eigenvalue weighted by atomic mass is 14.9. The monoisotopic (exact) mass is 284 g/mol. The molecule has 3 aromatic carbocycles. The van der Waals surface area contributed by atoms with Crippen LogP contribution in [0.4, 0.5) is 5.69 Å². The van der Waals surface area contributed by atoms with Gasteiger partial charge in [0.05, 0.1) is 11.0 Å². The molecule has 0 bridgehead atoms. The number of aliphatic imine (C=N–C) groups is 1. The summed E-state index contributed by atoms with van der Waals surface area (Å²) >= 11 is 0. The van der Waals surface area contributed by atoms with Gasteiger partial charge in [-0.1, -0.05) is 48.5 Å². The van der Waals surface area contributed by atoms with Crippen LogP contribution in [0, 0.1) is 0 Å². The smallest absolute Gasteiger partial charge is 0.0629 e. The summed E-state index contributed by atoms with van der Waals surface area (Å²) in [7, 11) is 2.11. The van der Waals surface area contributed by atoms with Crippen LogP contribution in [0.2, 0.25) is 0 Å². The fourth-order valence-corrected chi connectivity index (χ4v) is 3.03. The van der Waals surface area contributed by atoms with Crippen LogP contribution in [-0.2, 0) is 7.05 Å². The van der Waals surface area contributed by atoms with Crippen LogP contribution in [0.5, 0.6) is 0 Å². The maximum absolute atomic E-state index is 4.50. The van der Waals surface area contributed by atoms with E-state index in [2.05, 4.69) is 59.1 Å². The minimum atomic E-state index is 0.968. The lowest BCUT2D eigenvalue weighted by molar-refractivity contribution is 0.938. The second kappa shape index (κ2) is 5.15. The van der Waals surface area contributed by atoms with Gasteiger partial charge < -0.3 is 4.57 Å². The molecule has 0 saturated heterocycles. The van der Waals surface area contributed by atoms with E-state index in [4.69, 9.17) is 0 Å². The molecule has 0 unspecified atom stereocenters. The van der Waals surface area contributed by atoms with Crippen LogP contribution in [0.3, 0.4) is 0 Å². The number of hydrogen-bond donors (Lipinski definition) is 0. The van der Waals surface area contributed by atoms with Crippen LogP contribution in [0.25, 0.3) is 27.8 Å². The Hall–Kier alpha value is -2.87. The van der Waals surface area contributed by atoms with Gasteiger partial charge in [-0.15, -0.1) is 0 Å². The van der Waals surface area contributed by atoms with Crippen molar-refractivity contribution < 1.29 is 0 Å². The predicted octanol–water partition coefficient (Wildman–Crippen LogP) is 4.23. The van der Waals surface area contributed by atoms with E-state index in [0.717, 1.165) is 5.69 Å². The molecule has 0 fully saturated rings. The van der Waals surface area contributed by atoms with Gasteiger partial charge in [-0.2, -0.15) is 0 Å². The molecule has 0 aliphatic heterocycles. The second-order valence-electron chi connectivity index (χ2n) is 5.41. The van der Waals surface area contributed by atoms with Crippen molar-refractivity contribution in [2.24, 2.45) is 12.0 Å². The third-order valence-corrected chi connectivity index (χ3v) is 4.09. The van der Waals surface area contributed by atoms with E-state index in [1.807, 2.05) is 36.5 Å². The molecule has 0 aliphatic rings. The van der Waals surface area contributed by atoms with Gasteiger partial charge in [-0.05, 0) is 29.7 Å². The van der Waals surface area contributed by atoms with Crippen molar-refractivity contribution in [3.8, 4) is 0 Å². The van der Waals surface area contributed by atoms with Crippen LogP contribution in [0.1, 0.15) is 0 Å². The summed E-state index contributed by atoms with van der Waals surface area (Å²) in [5.74, 6) is 0. The Bertz CT molecular complexity index is 1020. The van der Waals surface area contributed by atoms with Crippen LogP contribution < -0.4 is 5.35 Å². The first kappa shape index (κ1) is 12.8. The maximum Gasteiger partial charge on any atom is 0.0629 e. The average molecular weight is 284 g/mol. The molecule has 4 rings (SSSR count). The van der Waals surface area contributed by atoms with Gasteiger partial charge in [0.2, 0.25) is 0 Å². The zero-order chi connectivity index (χ0) is 14.9. The molecule has 1 aromatic heterocycles. The van der Waals surface area contributed by atoms with Crippen LogP contribution in [0.15, 0.2) is 71.7 Å². The summed E-state index contributed by atoms with van der Waals surface area (Å²) < 4.78 is 2.23. The molecule has 106 valence electrons. The highest BCUT2D eigenvalue weighted by molar-refractivity contribution is 6.11. The Labute approximate surface area is 129 Å². The van der Waals surface area contributed by atoms with Crippen LogP contribution in [-0.4, -0.2) is 10.8 Å². The second-order valence-corrected chi connectivity index (χ2v) is 5.41. The normalized spacial score (nSPS) is 12.9. The number of rotatable bonds is 2. The van der Waals surface area contributed by atoms with E-state index < -0.39 is 0 Å². The van der Waals surface area contributed by atoms with Crippen molar-refractivity contribution in [1.82, 2.24) is 4.57 Å². The lowest BCUT2D eigenvalue weighted by Crippen LogP contribution is -2.12. The van der Waals surface area contributed by atoms with E-state index in [1.165, 1.54) is 27.0 Å². The van der Waals surface area contributed by atoms with Crippen molar-refractivity contribution in [1.29, 1.82) is 0 Å². The van der Waals surface area contributed by atoms with Gasteiger partial charge in [0.15, 0.2) is 0 Å². The molecular weight excluding hydrogens is 268 g/mol. The standard InChI is InChI=1S/C20H16N2/c1-22-18(13-14-21-16-9-3-2-4-10-16)17-11-5-7-15-8-6-12-19(22)20(15)17/h2-14H,1H3/b18-13+,21-14?. The molecular formula is C20H16N2. The summed E-state index contributed by atoms with van der Waals surface area (Å²) in [4.78, 5) is 4.50. The van der Waals surface area contributed by atoms with Crippen molar-refractivity contribution in [2.75, 3.05) is 0 Å². The minimum Gasteiger partial charge on any atom is -0.344 e. The maximum atomic E-state index is 4.50. The molecule has 0 aliphatic carbocycles. The summed E-state index contributed by atoms with van der Waals surface area (Å²) in [6, 6.07) is 22.9. The van der Waals surface area contributed by atoms with E-state index >= 15 is 0 Å². The van der Waals surface area contributed by atoms with Gasteiger partial charge in [-0.3, -0.25) is 4.99 Å². The van der Waals surface area contributed by atoms with Gasteiger partial charge in [0.25, 0.3) is 0 Å². The predicted molar refractivity (Wildman–Crippen MR) is 94.7 cm³/mol. The molecule has 0 amide bonds. The molecule has 22 heavy (non-hydrogen) atoms. The molecule has 2 nitrogen and oxygen atoms in total. The van der Waals surface area contributed by atoms with E-state index in [0.29, 0.717) is 0 Å². The Morgan fingerprint density at radius 3 is 2.45 bits per heavy atom. The summed E-state index contributed by atoms with van der Waals surface area (Å²) in [6.07, 6.45) is 3.97. The number of nitrogens with zero attached hydrogens (tertiary/aromatic N) is 2. The molecule has 0 spiro atoms. The Kier molecular flexibility index (Phi) is 3.01. The zero-order valence-electron chi connectivity index (χ0n) is 12.4. The van der Waals surface area contributed by atoms with Crippen molar-refractivity contribution in [3.63, 3.8) is 0 Å². The number of benzene rings is 3. The largest absolute Gasteiger partial charge is 0.344 e. The Morgan fingerprint density at radius 2 is 1.64 bits per heavy atom. The average Bonchev–Trinajstić information content (AvgIpc) is 2.84. The van der Waals surface area contributed by atoms with Gasteiger partial charge in [0, 0.05) is 29.6 Å². The Balaban J connectivity index is 1.92. The first-order valence-electron chi connectivity index (χ1n) is 7.40. The van der Waals surface area contributed by atoms with E-state index in [1.54, 1.807) is 0 Å². The van der Waals surface area contributed by atoms with Crippen molar-refractivity contribution in [3.05, 3.63) is 72.1 Å². The number of para-hydroxylation sites is 1. The van der Waals surface area contributed by atoms with Crippen molar-refractivity contribution >= 4 is 39.7 Å². The third-order valence-electron chi connectivity index (χ3n) is 4.09. The van der Waals surface area contributed by atoms with Gasteiger partial charge in [0.1, 0.15) is 0 Å². The molecule has 0 N–H and O–H groups in total. The number of aromatic nitrogens is 1. The molecule has 0 saturated carbocycles. The van der Waals surface area contributed by atoms with Crippen molar-refractivity contribution in [2.45, 2.75) is 0 Å². The highest BCUT2D eigenvalue weighted by Crippen LogP contribution is 2.24. The molecule has 4 aromatic rings. The van der Waals surface area contributed by atoms with E-state index in [9.17, 15) is 0 Å². The van der Waals surface area contributed by atoms with Crippen LogP contribution >= 0.6 is 0 Å². The molecule has 0 radical (unpaired) electrons. The molecule has 0 atom stereocenters. The lowest BCUT2D eigenvalue weighted by atomic mass is 10.1. The fraction of sp³-hybridized carbons (Fsp3) is 0.0500. The van der Waals surface area contributed by atoms with E-state index in [-0.39, 0.29) is 0 Å². The topological polar surface area (TPSA) is 17.3 Å². The minimum absolute atomic E-state index is 0.968. The quantitative estimate of drug-likeness (QED) is 0.490. The van der Waals surface area contributed by atoms with Gasteiger partial charge >= 0.3 is 0 Å². The first-order valence-corrected chi connectivity index (χ1v) is 7.40. The fourth-order valence-electron chi connectivity index (χ4n) is 3.03. The first-order chi connectivity index (χ1) is 10.8. The summed E-state index contributed by atoms with van der Waals surface area (Å²) in [5.41, 5.74) is 2.23. The summed E-state index contributed by atoms with van der Waals surface area (Å²) in [5, 5.41) is 5.07. The summed E-state index contributed by atoms with van der Waals surface area (Å²) in [6.45, 7) is 0. The Morgan fingerprint density at radius 1 is 0.864 bits per heavy atom. The zero-order valence-corrected chi connectivity index (χ0v) is 12.4. The SMILES string of the molecule is Cn1/c(=C/C=Nc2ccccc2)c2cccc3cccc1c32. The highest BCUT2D eigenvalue weighted by Gasteiger charge is 2.07. The third kappa shape index (κ3) is 2.01. The van der Waals surface area contributed by atoms with Gasteiger partial charge in [-0.25, -0.2) is 0 Å². The molecule has 2 heteroatoms. The number of aryl methyl sites for hydroxylation is 1. The lowest BCUT2D eigenvalue weighted by Gasteiger charge is -1.97.